The van der Waals surface area contributed by atoms with Gasteiger partial charge >= 0.3 is 0 Å². The van der Waals surface area contributed by atoms with E-state index in [0.29, 0.717) is 5.92 Å². The molecule has 1 aromatic rings. The van der Waals surface area contributed by atoms with Gasteiger partial charge in [0.2, 0.25) is 0 Å². The Balaban J connectivity index is 3.07. The molecule has 0 aliphatic rings. The maximum Gasteiger partial charge on any atom is 0.143 e. The molecule has 0 saturated heterocycles. The highest BCUT2D eigenvalue weighted by Gasteiger charge is 2.16. The zero-order valence-corrected chi connectivity index (χ0v) is 10.2. The molecule has 1 rings (SSSR count). The summed E-state index contributed by atoms with van der Waals surface area (Å²) in [4.78, 5) is 4.27. The minimum Gasteiger partial charge on any atom is -0.495 e. The molecule has 0 aliphatic carbocycles. The van der Waals surface area contributed by atoms with E-state index in [1.807, 2.05) is 6.07 Å². The summed E-state index contributed by atoms with van der Waals surface area (Å²) in [7, 11) is 1.62. The number of pyridine rings is 1. The molecule has 0 aromatic carbocycles. The van der Waals surface area contributed by atoms with Crippen LogP contribution in [0.1, 0.15) is 25.6 Å². The van der Waals surface area contributed by atoms with Crippen molar-refractivity contribution in [3.63, 3.8) is 0 Å². The number of ether oxygens (including phenoxy) is 1. The Hall–Kier alpha value is -0.610. The SMILES string of the molecule is COc1cc(Br)cnc1C(N)C(C)C. The average Bonchev–Trinajstić information content (AvgIpc) is 2.16. The van der Waals surface area contributed by atoms with Crippen LogP contribution >= 0.6 is 15.9 Å². The predicted octanol–water partition coefficient (Wildman–Crippen LogP) is 2.51. The third kappa shape index (κ3) is 2.45. The van der Waals surface area contributed by atoms with Crippen molar-refractivity contribution in [1.29, 1.82) is 0 Å². The molecule has 0 aliphatic heterocycles. The van der Waals surface area contributed by atoms with Crippen LogP contribution in [0.4, 0.5) is 0 Å². The molecule has 1 unspecified atom stereocenters. The highest BCUT2D eigenvalue weighted by atomic mass is 79.9. The van der Waals surface area contributed by atoms with Gasteiger partial charge in [-0.25, -0.2) is 0 Å². The number of rotatable bonds is 3. The van der Waals surface area contributed by atoms with Crippen molar-refractivity contribution < 1.29 is 4.74 Å². The van der Waals surface area contributed by atoms with Crippen LogP contribution in [0.25, 0.3) is 0 Å². The molecule has 0 saturated carbocycles. The first-order valence-corrected chi connectivity index (χ1v) is 5.30. The van der Waals surface area contributed by atoms with E-state index in [9.17, 15) is 0 Å². The molecular weight excluding hydrogens is 244 g/mol. The molecule has 2 N–H and O–H groups in total. The smallest absolute Gasteiger partial charge is 0.143 e. The fourth-order valence-electron chi connectivity index (χ4n) is 1.16. The van der Waals surface area contributed by atoms with Gasteiger partial charge in [0.05, 0.1) is 18.8 Å². The Labute approximate surface area is 92.8 Å². The van der Waals surface area contributed by atoms with Crippen molar-refractivity contribution in [2.24, 2.45) is 11.7 Å². The lowest BCUT2D eigenvalue weighted by Crippen LogP contribution is -2.19. The molecule has 1 heterocycles. The number of hydrogen-bond donors (Lipinski definition) is 1. The van der Waals surface area contributed by atoms with Crippen molar-refractivity contribution in [2.75, 3.05) is 7.11 Å². The van der Waals surface area contributed by atoms with Crippen molar-refractivity contribution in [3.05, 3.63) is 22.4 Å². The highest BCUT2D eigenvalue weighted by Crippen LogP contribution is 2.28. The minimum absolute atomic E-state index is 0.0851. The van der Waals surface area contributed by atoms with E-state index < -0.39 is 0 Å². The second kappa shape index (κ2) is 4.75. The molecule has 0 spiro atoms. The van der Waals surface area contributed by atoms with Crippen LogP contribution in [-0.4, -0.2) is 12.1 Å². The van der Waals surface area contributed by atoms with Crippen molar-refractivity contribution >= 4 is 15.9 Å². The largest absolute Gasteiger partial charge is 0.495 e. The van der Waals surface area contributed by atoms with Gasteiger partial charge in [0.15, 0.2) is 0 Å². The van der Waals surface area contributed by atoms with Crippen molar-refractivity contribution in [2.45, 2.75) is 19.9 Å². The maximum atomic E-state index is 6.01. The molecule has 78 valence electrons. The standard InChI is InChI=1S/C10H15BrN2O/c1-6(2)9(12)10-8(14-3)4-7(11)5-13-10/h4-6,9H,12H2,1-3H3. The molecule has 14 heavy (non-hydrogen) atoms. The van der Waals surface area contributed by atoms with Gasteiger partial charge in [-0.15, -0.1) is 0 Å². The van der Waals surface area contributed by atoms with E-state index in [1.54, 1.807) is 13.3 Å². The van der Waals surface area contributed by atoms with Gasteiger partial charge in [-0.05, 0) is 27.9 Å². The molecule has 4 heteroatoms. The first kappa shape index (κ1) is 11.5. The van der Waals surface area contributed by atoms with Gasteiger partial charge in [0.1, 0.15) is 5.75 Å². The Morgan fingerprint density at radius 3 is 2.64 bits per heavy atom. The summed E-state index contributed by atoms with van der Waals surface area (Å²) < 4.78 is 6.12. The normalized spacial score (nSPS) is 13.0. The summed E-state index contributed by atoms with van der Waals surface area (Å²) in [6.07, 6.45) is 1.74. The van der Waals surface area contributed by atoms with Gasteiger partial charge in [-0.2, -0.15) is 0 Å². The van der Waals surface area contributed by atoms with Crippen molar-refractivity contribution in [1.82, 2.24) is 4.98 Å². The van der Waals surface area contributed by atoms with Gasteiger partial charge in [-0.3, -0.25) is 4.98 Å². The van der Waals surface area contributed by atoms with E-state index >= 15 is 0 Å². The van der Waals surface area contributed by atoms with Crippen LogP contribution in [0.2, 0.25) is 0 Å². The Morgan fingerprint density at radius 2 is 2.14 bits per heavy atom. The molecule has 0 amide bonds. The van der Waals surface area contributed by atoms with Gasteiger partial charge in [0, 0.05) is 10.7 Å². The summed E-state index contributed by atoms with van der Waals surface area (Å²) in [5, 5.41) is 0. The summed E-state index contributed by atoms with van der Waals surface area (Å²) >= 11 is 3.34. The molecular formula is C10H15BrN2O. The third-order valence-electron chi connectivity index (χ3n) is 2.10. The molecule has 1 aromatic heterocycles. The fourth-order valence-corrected chi connectivity index (χ4v) is 1.47. The lowest BCUT2D eigenvalue weighted by molar-refractivity contribution is 0.390. The zero-order valence-electron chi connectivity index (χ0n) is 8.62. The van der Waals surface area contributed by atoms with Crippen molar-refractivity contribution in [3.8, 4) is 5.75 Å². The lowest BCUT2D eigenvalue weighted by Gasteiger charge is -2.17. The summed E-state index contributed by atoms with van der Waals surface area (Å²) in [6, 6.07) is 1.79. The van der Waals surface area contributed by atoms with Crippen LogP contribution in [-0.2, 0) is 0 Å². The van der Waals surface area contributed by atoms with E-state index in [-0.39, 0.29) is 6.04 Å². The van der Waals surface area contributed by atoms with E-state index in [2.05, 4.69) is 34.8 Å². The number of halogens is 1. The predicted molar refractivity (Wildman–Crippen MR) is 60.3 cm³/mol. The summed E-state index contributed by atoms with van der Waals surface area (Å²) in [5.74, 6) is 1.08. The van der Waals surface area contributed by atoms with Gasteiger partial charge < -0.3 is 10.5 Å². The molecule has 1 atom stereocenters. The van der Waals surface area contributed by atoms with E-state index in [0.717, 1.165) is 15.9 Å². The third-order valence-corrected chi connectivity index (χ3v) is 2.54. The monoisotopic (exact) mass is 258 g/mol. The van der Waals surface area contributed by atoms with Crippen LogP contribution in [0.3, 0.4) is 0 Å². The second-order valence-electron chi connectivity index (χ2n) is 3.51. The van der Waals surface area contributed by atoms with Gasteiger partial charge in [0.25, 0.3) is 0 Å². The zero-order chi connectivity index (χ0) is 10.7. The van der Waals surface area contributed by atoms with Gasteiger partial charge in [-0.1, -0.05) is 13.8 Å². The number of methoxy groups -OCH3 is 1. The molecule has 0 radical (unpaired) electrons. The summed E-state index contributed by atoms with van der Waals surface area (Å²) in [5.41, 5.74) is 6.82. The van der Waals surface area contributed by atoms with Crippen LogP contribution in [0, 0.1) is 5.92 Å². The number of nitrogens with two attached hydrogens (primary N) is 1. The Morgan fingerprint density at radius 1 is 1.50 bits per heavy atom. The number of nitrogens with zero attached hydrogens (tertiary/aromatic N) is 1. The van der Waals surface area contributed by atoms with Crippen LogP contribution in [0.5, 0.6) is 5.75 Å². The first-order chi connectivity index (χ1) is 6.56. The number of aromatic nitrogens is 1. The fraction of sp³-hybridized carbons (Fsp3) is 0.500. The Kier molecular flexibility index (Phi) is 3.89. The average molecular weight is 259 g/mol. The van der Waals surface area contributed by atoms with E-state index in [4.69, 9.17) is 10.5 Å². The molecule has 0 fully saturated rings. The van der Waals surface area contributed by atoms with E-state index in [1.165, 1.54) is 0 Å². The highest BCUT2D eigenvalue weighted by molar-refractivity contribution is 9.10. The summed E-state index contributed by atoms with van der Waals surface area (Å²) in [6.45, 7) is 4.13. The molecule has 0 bridgehead atoms. The topological polar surface area (TPSA) is 48.1 Å². The Bertz CT molecular complexity index is 315. The minimum atomic E-state index is -0.0851. The molecule has 3 nitrogen and oxygen atoms in total. The van der Waals surface area contributed by atoms with Crippen LogP contribution < -0.4 is 10.5 Å². The lowest BCUT2D eigenvalue weighted by atomic mass is 10.0. The first-order valence-electron chi connectivity index (χ1n) is 4.51. The second-order valence-corrected chi connectivity index (χ2v) is 4.43. The number of hydrogen-bond acceptors (Lipinski definition) is 3. The maximum absolute atomic E-state index is 6.01. The van der Waals surface area contributed by atoms with Crippen LogP contribution in [0.15, 0.2) is 16.7 Å². The quantitative estimate of drug-likeness (QED) is 0.907.